The van der Waals surface area contributed by atoms with Crippen LogP contribution in [0.4, 0.5) is 10.5 Å². The smallest absolute Gasteiger partial charge is 0.321 e. The molecule has 98 valence electrons. The molecule has 3 nitrogen and oxygen atoms in total. The third-order valence-electron chi connectivity index (χ3n) is 2.88. The molecule has 0 spiro atoms. The standard InChI is InChI=1S/C12H13BrCl2N2O/c13-8-6-9(14)11(10(15)7-8)16-12(18)17-4-2-1-3-5-17/h6-7H,1-5H2,(H,16,18). The SMILES string of the molecule is O=C(Nc1c(Cl)cc(Br)cc1Cl)N1CCCCC1. The summed E-state index contributed by atoms with van der Waals surface area (Å²) in [4.78, 5) is 13.8. The fraction of sp³-hybridized carbons (Fsp3) is 0.417. The number of halogens is 3. The Kier molecular flexibility index (Phi) is 4.76. The van der Waals surface area contributed by atoms with Crippen molar-refractivity contribution in [2.24, 2.45) is 0 Å². The molecule has 1 N–H and O–H groups in total. The van der Waals surface area contributed by atoms with Crippen LogP contribution in [0.15, 0.2) is 16.6 Å². The van der Waals surface area contributed by atoms with Gasteiger partial charge in [0.1, 0.15) is 0 Å². The van der Waals surface area contributed by atoms with Crippen molar-refractivity contribution in [3.05, 3.63) is 26.7 Å². The summed E-state index contributed by atoms with van der Waals surface area (Å²) in [6.07, 6.45) is 3.29. The van der Waals surface area contributed by atoms with Gasteiger partial charge < -0.3 is 10.2 Å². The van der Waals surface area contributed by atoms with Crippen molar-refractivity contribution in [3.63, 3.8) is 0 Å². The molecule has 1 aliphatic rings. The van der Waals surface area contributed by atoms with Crippen LogP contribution >= 0.6 is 39.1 Å². The first-order chi connectivity index (χ1) is 8.58. The summed E-state index contributed by atoms with van der Waals surface area (Å²) in [7, 11) is 0. The molecular formula is C12H13BrCl2N2O. The van der Waals surface area contributed by atoms with E-state index in [0.29, 0.717) is 15.7 Å². The predicted octanol–water partition coefficient (Wildman–Crippen LogP) is 4.77. The van der Waals surface area contributed by atoms with Crippen LogP contribution < -0.4 is 5.32 Å². The van der Waals surface area contributed by atoms with Gasteiger partial charge in [0.05, 0.1) is 15.7 Å². The van der Waals surface area contributed by atoms with Gasteiger partial charge in [-0.2, -0.15) is 0 Å². The molecule has 1 heterocycles. The number of piperidine rings is 1. The summed E-state index contributed by atoms with van der Waals surface area (Å²) >= 11 is 15.4. The molecule has 0 atom stereocenters. The zero-order chi connectivity index (χ0) is 13.1. The number of rotatable bonds is 1. The first kappa shape index (κ1) is 14.0. The first-order valence-corrected chi connectivity index (χ1v) is 7.33. The minimum atomic E-state index is -0.138. The number of nitrogens with zero attached hydrogens (tertiary/aromatic N) is 1. The quantitative estimate of drug-likeness (QED) is 0.776. The highest BCUT2D eigenvalue weighted by Crippen LogP contribution is 2.34. The molecule has 6 heteroatoms. The van der Waals surface area contributed by atoms with E-state index < -0.39 is 0 Å². The molecule has 0 aliphatic carbocycles. The lowest BCUT2D eigenvalue weighted by Crippen LogP contribution is -2.38. The highest BCUT2D eigenvalue weighted by molar-refractivity contribution is 9.10. The van der Waals surface area contributed by atoms with Crippen LogP contribution in [-0.4, -0.2) is 24.0 Å². The number of nitrogens with one attached hydrogen (secondary N) is 1. The van der Waals surface area contributed by atoms with E-state index in [0.717, 1.165) is 30.4 Å². The lowest BCUT2D eigenvalue weighted by molar-refractivity contribution is 0.200. The second-order valence-electron chi connectivity index (χ2n) is 4.22. The lowest BCUT2D eigenvalue weighted by Gasteiger charge is -2.27. The van der Waals surface area contributed by atoms with Gasteiger partial charge in [-0.25, -0.2) is 4.79 Å². The van der Waals surface area contributed by atoms with Gasteiger partial charge in [-0.15, -0.1) is 0 Å². The first-order valence-electron chi connectivity index (χ1n) is 5.78. The van der Waals surface area contributed by atoms with Crippen molar-refractivity contribution in [3.8, 4) is 0 Å². The fourth-order valence-electron chi connectivity index (χ4n) is 1.94. The summed E-state index contributed by atoms with van der Waals surface area (Å²) in [6.45, 7) is 1.58. The van der Waals surface area contributed by atoms with Gasteiger partial charge in [0, 0.05) is 17.6 Å². The average Bonchev–Trinajstić information content (AvgIpc) is 2.34. The van der Waals surface area contributed by atoms with E-state index in [2.05, 4.69) is 21.2 Å². The van der Waals surface area contributed by atoms with Gasteiger partial charge in [-0.1, -0.05) is 39.1 Å². The summed E-state index contributed by atoms with van der Waals surface area (Å²) < 4.78 is 0.786. The van der Waals surface area contributed by atoms with Gasteiger partial charge in [-0.3, -0.25) is 0 Å². The molecule has 1 fully saturated rings. The normalized spacial score (nSPS) is 15.6. The van der Waals surface area contributed by atoms with Crippen molar-refractivity contribution in [1.29, 1.82) is 0 Å². The maximum Gasteiger partial charge on any atom is 0.321 e. The Morgan fingerprint density at radius 2 is 1.72 bits per heavy atom. The number of amides is 2. The zero-order valence-corrected chi connectivity index (χ0v) is 12.8. The maximum atomic E-state index is 12.0. The second-order valence-corrected chi connectivity index (χ2v) is 5.95. The third kappa shape index (κ3) is 3.31. The molecule has 2 amide bonds. The van der Waals surface area contributed by atoms with Crippen molar-refractivity contribution < 1.29 is 4.79 Å². The summed E-state index contributed by atoms with van der Waals surface area (Å²) in [5.74, 6) is 0. The van der Waals surface area contributed by atoms with Crippen LogP contribution in [0.5, 0.6) is 0 Å². The third-order valence-corrected chi connectivity index (χ3v) is 3.94. The summed E-state index contributed by atoms with van der Waals surface area (Å²) in [5.41, 5.74) is 0.470. The van der Waals surface area contributed by atoms with Crippen LogP contribution in [0.25, 0.3) is 0 Å². The van der Waals surface area contributed by atoms with Gasteiger partial charge >= 0.3 is 6.03 Å². The van der Waals surface area contributed by atoms with Gasteiger partial charge in [0.25, 0.3) is 0 Å². The monoisotopic (exact) mass is 350 g/mol. The van der Waals surface area contributed by atoms with Gasteiger partial charge in [0.2, 0.25) is 0 Å². The number of anilines is 1. The van der Waals surface area contributed by atoms with Crippen LogP contribution in [-0.2, 0) is 0 Å². The number of carbonyl (C=O) groups excluding carboxylic acids is 1. The molecular weight excluding hydrogens is 339 g/mol. The van der Waals surface area contributed by atoms with Crippen LogP contribution in [0.1, 0.15) is 19.3 Å². The van der Waals surface area contributed by atoms with E-state index in [1.165, 1.54) is 6.42 Å². The predicted molar refractivity (Wildman–Crippen MR) is 78.6 cm³/mol. The Labute approximate surface area is 125 Å². The largest absolute Gasteiger partial charge is 0.325 e. The maximum absolute atomic E-state index is 12.0. The zero-order valence-electron chi connectivity index (χ0n) is 9.68. The Morgan fingerprint density at radius 3 is 2.28 bits per heavy atom. The number of urea groups is 1. The fourth-order valence-corrected chi connectivity index (χ4v) is 3.25. The molecule has 0 aromatic heterocycles. The highest BCUT2D eigenvalue weighted by atomic mass is 79.9. The topological polar surface area (TPSA) is 32.3 Å². The van der Waals surface area contributed by atoms with Crippen LogP contribution in [0, 0.1) is 0 Å². The lowest BCUT2D eigenvalue weighted by atomic mass is 10.1. The average molecular weight is 352 g/mol. The van der Waals surface area contributed by atoms with Crippen molar-refractivity contribution in [1.82, 2.24) is 4.90 Å². The van der Waals surface area contributed by atoms with Crippen LogP contribution in [0.2, 0.25) is 10.0 Å². The molecule has 0 saturated carbocycles. The Bertz CT molecular complexity index is 438. The molecule has 2 rings (SSSR count). The minimum absolute atomic E-state index is 0.138. The minimum Gasteiger partial charge on any atom is -0.325 e. The molecule has 1 aliphatic heterocycles. The number of carbonyl (C=O) groups is 1. The molecule has 18 heavy (non-hydrogen) atoms. The van der Waals surface area contributed by atoms with E-state index in [4.69, 9.17) is 23.2 Å². The van der Waals surface area contributed by atoms with Crippen molar-refractivity contribution >= 4 is 50.9 Å². The van der Waals surface area contributed by atoms with Crippen molar-refractivity contribution in [2.75, 3.05) is 18.4 Å². The second kappa shape index (κ2) is 6.13. The van der Waals surface area contributed by atoms with Gasteiger partial charge in [-0.05, 0) is 31.4 Å². The highest BCUT2D eigenvalue weighted by Gasteiger charge is 2.18. The Hall–Kier alpha value is -0.450. The number of hydrogen-bond acceptors (Lipinski definition) is 1. The number of benzene rings is 1. The summed E-state index contributed by atoms with van der Waals surface area (Å²) in [6, 6.07) is 3.28. The van der Waals surface area contributed by atoms with Crippen molar-refractivity contribution in [2.45, 2.75) is 19.3 Å². The molecule has 0 unspecified atom stereocenters. The Morgan fingerprint density at radius 1 is 1.17 bits per heavy atom. The van der Waals surface area contributed by atoms with E-state index in [-0.39, 0.29) is 6.03 Å². The van der Waals surface area contributed by atoms with E-state index in [1.54, 1.807) is 17.0 Å². The van der Waals surface area contributed by atoms with Gasteiger partial charge in [0.15, 0.2) is 0 Å². The van der Waals surface area contributed by atoms with E-state index in [1.807, 2.05) is 0 Å². The van der Waals surface area contributed by atoms with E-state index >= 15 is 0 Å². The van der Waals surface area contributed by atoms with E-state index in [9.17, 15) is 4.79 Å². The van der Waals surface area contributed by atoms with Crippen LogP contribution in [0.3, 0.4) is 0 Å². The molecule has 1 aromatic carbocycles. The molecule has 0 radical (unpaired) electrons. The molecule has 1 saturated heterocycles. The summed E-state index contributed by atoms with van der Waals surface area (Å²) in [5, 5.41) is 3.64. The number of hydrogen-bond donors (Lipinski definition) is 1. The molecule has 1 aromatic rings. The number of likely N-dealkylation sites (tertiary alicyclic amines) is 1. The molecule has 0 bridgehead atoms. The Balaban J connectivity index is 2.11.